The zero-order valence-corrected chi connectivity index (χ0v) is 10.9. The first-order valence-electron chi connectivity index (χ1n) is 7.22. The van der Waals surface area contributed by atoms with Gasteiger partial charge >= 0.3 is 0 Å². The molecule has 0 aromatic carbocycles. The minimum Gasteiger partial charge on any atom is -0.396 e. The lowest BCUT2D eigenvalue weighted by atomic mass is 9.83. The van der Waals surface area contributed by atoms with Gasteiger partial charge in [-0.25, -0.2) is 0 Å². The van der Waals surface area contributed by atoms with Crippen molar-refractivity contribution in [1.29, 1.82) is 0 Å². The predicted molar refractivity (Wildman–Crippen MR) is 68.9 cm³/mol. The number of hydrogen-bond donors (Lipinski definition) is 3. The van der Waals surface area contributed by atoms with Gasteiger partial charge in [0, 0.05) is 25.1 Å². The molecule has 2 rings (SSSR count). The van der Waals surface area contributed by atoms with Gasteiger partial charge < -0.3 is 15.5 Å². The first-order chi connectivity index (χ1) is 8.18. The van der Waals surface area contributed by atoms with Gasteiger partial charge in [0.1, 0.15) is 0 Å². The summed E-state index contributed by atoms with van der Waals surface area (Å²) in [5.74, 6) is 0. The van der Waals surface area contributed by atoms with Gasteiger partial charge in [0.25, 0.3) is 0 Å². The van der Waals surface area contributed by atoms with Crippen molar-refractivity contribution >= 4 is 0 Å². The molecule has 0 aromatic heterocycles. The minimum atomic E-state index is -0.479. The molecule has 2 saturated carbocycles. The first-order valence-corrected chi connectivity index (χ1v) is 7.22. The second kappa shape index (κ2) is 5.68. The third kappa shape index (κ3) is 3.43. The number of hydrogen-bond acceptors (Lipinski definition) is 3. The first kappa shape index (κ1) is 13.3. The van der Waals surface area contributed by atoms with Gasteiger partial charge in [-0.3, -0.25) is 0 Å². The van der Waals surface area contributed by atoms with Crippen LogP contribution < -0.4 is 5.32 Å². The fraction of sp³-hybridized carbons (Fsp3) is 1.00. The molecule has 0 radical (unpaired) electrons. The fourth-order valence-electron chi connectivity index (χ4n) is 3.46. The quantitative estimate of drug-likeness (QED) is 0.688. The maximum Gasteiger partial charge on any atom is 0.0771 e. The van der Waals surface area contributed by atoms with Crippen LogP contribution in [0.2, 0.25) is 0 Å². The lowest BCUT2D eigenvalue weighted by Gasteiger charge is -2.34. The highest BCUT2D eigenvalue weighted by atomic mass is 16.3. The van der Waals surface area contributed by atoms with Gasteiger partial charge in [-0.05, 0) is 25.7 Å². The summed E-state index contributed by atoms with van der Waals surface area (Å²) in [4.78, 5) is 0. The van der Waals surface area contributed by atoms with Crippen LogP contribution in [0.15, 0.2) is 0 Å². The van der Waals surface area contributed by atoms with Crippen LogP contribution in [0.1, 0.15) is 57.8 Å². The average Bonchev–Trinajstić information content (AvgIpc) is 2.79. The lowest BCUT2D eigenvalue weighted by Crippen LogP contribution is -2.46. The molecule has 0 spiro atoms. The molecule has 3 heteroatoms. The second-order valence-electron chi connectivity index (χ2n) is 6.25. The van der Waals surface area contributed by atoms with Crippen molar-refractivity contribution in [2.45, 2.75) is 63.4 Å². The van der Waals surface area contributed by atoms with Crippen LogP contribution in [0.25, 0.3) is 0 Å². The molecule has 3 N–H and O–H groups in total. The van der Waals surface area contributed by atoms with E-state index in [2.05, 4.69) is 5.32 Å². The Balaban J connectivity index is 1.74. The molecule has 100 valence electrons. The molecular formula is C14H27NO2. The molecule has 3 nitrogen and oxygen atoms in total. The minimum absolute atomic E-state index is 0.102. The second-order valence-corrected chi connectivity index (χ2v) is 6.25. The summed E-state index contributed by atoms with van der Waals surface area (Å²) in [6.45, 7) is 1.86. The maximum absolute atomic E-state index is 10.4. The van der Waals surface area contributed by atoms with Gasteiger partial charge in [-0.15, -0.1) is 0 Å². The number of nitrogens with one attached hydrogen (secondary N) is 1. The Labute approximate surface area is 105 Å². The van der Waals surface area contributed by atoms with Crippen LogP contribution in [-0.4, -0.2) is 35.5 Å². The predicted octanol–water partition coefficient (Wildman–Crippen LogP) is 1.82. The normalized spacial score (nSPS) is 27.2. The van der Waals surface area contributed by atoms with Crippen molar-refractivity contribution in [3.63, 3.8) is 0 Å². The molecule has 2 fully saturated rings. The smallest absolute Gasteiger partial charge is 0.0771 e. The molecule has 0 saturated heterocycles. The molecule has 0 aliphatic heterocycles. The van der Waals surface area contributed by atoms with Crippen LogP contribution in [-0.2, 0) is 0 Å². The maximum atomic E-state index is 10.4. The summed E-state index contributed by atoms with van der Waals surface area (Å²) in [5, 5.41) is 23.3. The molecule has 0 amide bonds. The van der Waals surface area contributed by atoms with Crippen LogP contribution in [0, 0.1) is 5.41 Å². The van der Waals surface area contributed by atoms with Crippen molar-refractivity contribution in [2.75, 3.05) is 19.7 Å². The lowest BCUT2D eigenvalue weighted by molar-refractivity contribution is 0.00108. The molecule has 0 bridgehead atoms. The molecule has 0 unspecified atom stereocenters. The molecule has 0 aromatic rings. The van der Waals surface area contributed by atoms with Gasteiger partial charge in [0.2, 0.25) is 0 Å². The van der Waals surface area contributed by atoms with E-state index < -0.39 is 5.60 Å². The van der Waals surface area contributed by atoms with E-state index in [4.69, 9.17) is 0 Å². The van der Waals surface area contributed by atoms with Gasteiger partial charge in [0.05, 0.1) is 5.60 Å². The highest BCUT2D eigenvalue weighted by Crippen LogP contribution is 2.37. The summed E-state index contributed by atoms with van der Waals surface area (Å²) in [7, 11) is 0. The Bertz CT molecular complexity index is 230. The third-order valence-electron chi connectivity index (χ3n) is 4.74. The Hall–Kier alpha value is -0.120. The highest BCUT2D eigenvalue weighted by Gasteiger charge is 2.34. The zero-order valence-electron chi connectivity index (χ0n) is 10.9. The zero-order chi connectivity index (χ0) is 12.2. The average molecular weight is 241 g/mol. The SMILES string of the molecule is OCC1(CNCC2(O)CCCCC2)CCCC1. The summed E-state index contributed by atoms with van der Waals surface area (Å²) in [5.41, 5.74) is -0.376. The topological polar surface area (TPSA) is 52.5 Å². The molecular weight excluding hydrogens is 214 g/mol. The van der Waals surface area contributed by atoms with E-state index in [9.17, 15) is 10.2 Å². The van der Waals surface area contributed by atoms with E-state index in [1.807, 2.05) is 0 Å². The van der Waals surface area contributed by atoms with E-state index in [-0.39, 0.29) is 5.41 Å². The molecule has 17 heavy (non-hydrogen) atoms. The van der Waals surface area contributed by atoms with Gasteiger partial charge in [-0.1, -0.05) is 32.1 Å². The van der Waals surface area contributed by atoms with Gasteiger partial charge in [0.15, 0.2) is 0 Å². The Morgan fingerprint density at radius 2 is 1.41 bits per heavy atom. The Kier molecular flexibility index (Phi) is 4.45. The Morgan fingerprint density at radius 3 is 2.00 bits per heavy atom. The highest BCUT2D eigenvalue weighted by molar-refractivity contribution is 4.89. The standard InChI is InChI=1S/C14H27NO2/c16-12-13(6-4-5-7-13)10-15-11-14(17)8-2-1-3-9-14/h15-17H,1-12H2. The summed E-state index contributed by atoms with van der Waals surface area (Å²) < 4.78 is 0. The molecule has 2 aliphatic rings. The largest absolute Gasteiger partial charge is 0.396 e. The van der Waals surface area contributed by atoms with E-state index >= 15 is 0 Å². The van der Waals surface area contributed by atoms with Crippen molar-refractivity contribution < 1.29 is 10.2 Å². The summed E-state index contributed by atoms with van der Waals surface area (Å²) >= 11 is 0. The van der Waals surface area contributed by atoms with Crippen molar-refractivity contribution in [2.24, 2.45) is 5.41 Å². The van der Waals surface area contributed by atoms with E-state index in [1.54, 1.807) is 0 Å². The van der Waals surface area contributed by atoms with Crippen molar-refractivity contribution in [3.05, 3.63) is 0 Å². The van der Waals surface area contributed by atoms with E-state index in [1.165, 1.54) is 19.3 Å². The number of rotatable bonds is 5. The van der Waals surface area contributed by atoms with Gasteiger partial charge in [-0.2, -0.15) is 0 Å². The molecule has 2 aliphatic carbocycles. The van der Waals surface area contributed by atoms with Crippen LogP contribution in [0.3, 0.4) is 0 Å². The fourth-order valence-corrected chi connectivity index (χ4v) is 3.46. The number of aliphatic hydroxyl groups is 2. The van der Waals surface area contributed by atoms with Crippen LogP contribution in [0.4, 0.5) is 0 Å². The van der Waals surface area contributed by atoms with E-state index in [0.717, 1.165) is 45.1 Å². The summed E-state index contributed by atoms with van der Waals surface area (Å²) in [6.07, 6.45) is 10.2. The monoisotopic (exact) mass is 241 g/mol. The molecule has 0 atom stereocenters. The Morgan fingerprint density at radius 1 is 0.824 bits per heavy atom. The van der Waals surface area contributed by atoms with Crippen molar-refractivity contribution in [3.8, 4) is 0 Å². The third-order valence-corrected chi connectivity index (χ3v) is 4.74. The summed E-state index contributed by atoms with van der Waals surface area (Å²) in [6, 6.07) is 0. The van der Waals surface area contributed by atoms with E-state index in [0.29, 0.717) is 13.2 Å². The van der Waals surface area contributed by atoms with Crippen LogP contribution in [0.5, 0.6) is 0 Å². The number of aliphatic hydroxyl groups excluding tert-OH is 1. The molecule has 0 heterocycles. The van der Waals surface area contributed by atoms with Crippen molar-refractivity contribution in [1.82, 2.24) is 5.32 Å². The van der Waals surface area contributed by atoms with Crippen LogP contribution >= 0.6 is 0 Å².